The van der Waals surface area contributed by atoms with Crippen LogP contribution in [0.2, 0.25) is 0 Å². The number of nitrogens with zero attached hydrogens (tertiary/aromatic N) is 2. The van der Waals surface area contributed by atoms with Gasteiger partial charge in [0.1, 0.15) is 12.4 Å². The van der Waals surface area contributed by atoms with Crippen LogP contribution in [0.3, 0.4) is 0 Å². The number of thioether (sulfide) groups is 1. The van der Waals surface area contributed by atoms with Crippen LogP contribution in [0.15, 0.2) is 18.2 Å². The summed E-state index contributed by atoms with van der Waals surface area (Å²) in [4.78, 5) is 25.1. The molecule has 28 heavy (non-hydrogen) atoms. The molecule has 8 nitrogen and oxygen atoms in total. The Hall–Kier alpha value is -2.68. The van der Waals surface area contributed by atoms with Crippen molar-refractivity contribution >= 4 is 29.4 Å². The number of carbonyl (C=O) groups is 2. The summed E-state index contributed by atoms with van der Waals surface area (Å²) in [5.41, 5.74) is 2.22. The van der Waals surface area contributed by atoms with Gasteiger partial charge in [0, 0.05) is 23.6 Å². The quantitative estimate of drug-likeness (QED) is 0.702. The molecule has 0 aliphatic carbocycles. The van der Waals surface area contributed by atoms with Crippen LogP contribution in [0.25, 0.3) is 0 Å². The van der Waals surface area contributed by atoms with Gasteiger partial charge in [-0.1, -0.05) is 13.0 Å². The first-order chi connectivity index (χ1) is 13.6. The number of hydrogen-bond donors (Lipinski definition) is 2. The van der Waals surface area contributed by atoms with Gasteiger partial charge in [0.15, 0.2) is 11.5 Å². The van der Waals surface area contributed by atoms with Gasteiger partial charge in [0.05, 0.1) is 25.5 Å². The predicted molar refractivity (Wildman–Crippen MR) is 108 cm³/mol. The maximum atomic E-state index is 13.0. The zero-order valence-electron chi connectivity index (χ0n) is 16.2. The van der Waals surface area contributed by atoms with Gasteiger partial charge in [0.25, 0.3) is 5.91 Å². The van der Waals surface area contributed by atoms with Gasteiger partial charge in [-0.05, 0) is 18.6 Å². The van der Waals surface area contributed by atoms with Crippen molar-refractivity contribution in [3.8, 4) is 11.5 Å². The molecule has 0 fully saturated rings. The summed E-state index contributed by atoms with van der Waals surface area (Å²) in [7, 11) is 3.01. The molecule has 0 radical (unpaired) electrons. The molecule has 1 aliphatic rings. The van der Waals surface area contributed by atoms with Crippen molar-refractivity contribution in [2.75, 3.05) is 26.1 Å². The smallest absolute Gasteiger partial charge is 0.260 e. The number of aromatic nitrogens is 2. The summed E-state index contributed by atoms with van der Waals surface area (Å²) in [6.07, 6.45) is 0.858. The van der Waals surface area contributed by atoms with Gasteiger partial charge in [-0.25, -0.2) is 4.68 Å². The first kappa shape index (κ1) is 20.1. The standard InChI is InChI=1S/C19H24N4O4S/c1-4-8-20-16(24)9-23-18(13-10-28-11-14(13)22-23)21-19(25)12-6-5-7-15(26-2)17(12)27-3/h5-7H,4,8-11H2,1-3H3,(H,20,24)(H,21,25). The van der Waals surface area contributed by atoms with Gasteiger partial charge in [0.2, 0.25) is 5.91 Å². The maximum absolute atomic E-state index is 13.0. The first-order valence-corrected chi connectivity index (χ1v) is 10.2. The van der Waals surface area contributed by atoms with Crippen LogP contribution in [0, 0.1) is 0 Å². The summed E-state index contributed by atoms with van der Waals surface area (Å²) >= 11 is 1.73. The van der Waals surface area contributed by atoms with E-state index in [-0.39, 0.29) is 18.4 Å². The van der Waals surface area contributed by atoms with Crippen molar-refractivity contribution in [2.24, 2.45) is 0 Å². The molecule has 0 saturated heterocycles. The molecule has 150 valence electrons. The third kappa shape index (κ3) is 4.09. The second-order valence-corrected chi connectivity index (χ2v) is 7.26. The van der Waals surface area contributed by atoms with Crippen LogP contribution in [0.4, 0.5) is 5.82 Å². The average molecular weight is 404 g/mol. The summed E-state index contributed by atoms with van der Waals surface area (Å²) in [6.45, 7) is 2.66. The lowest BCUT2D eigenvalue weighted by Crippen LogP contribution is -2.29. The molecule has 0 bridgehead atoms. The largest absolute Gasteiger partial charge is 0.493 e. The highest BCUT2D eigenvalue weighted by Gasteiger charge is 2.26. The van der Waals surface area contributed by atoms with Crippen LogP contribution in [-0.4, -0.2) is 42.4 Å². The number of nitrogens with one attached hydrogen (secondary N) is 2. The highest BCUT2D eigenvalue weighted by atomic mass is 32.2. The van der Waals surface area contributed by atoms with Crippen molar-refractivity contribution in [2.45, 2.75) is 31.4 Å². The van der Waals surface area contributed by atoms with Crippen molar-refractivity contribution in [3.63, 3.8) is 0 Å². The fourth-order valence-corrected chi connectivity index (χ4v) is 4.05. The molecular weight excluding hydrogens is 380 g/mol. The number of carbonyl (C=O) groups excluding carboxylic acids is 2. The van der Waals surface area contributed by atoms with E-state index in [0.717, 1.165) is 29.2 Å². The molecule has 0 saturated carbocycles. The molecule has 3 rings (SSSR count). The van der Waals surface area contributed by atoms with Gasteiger partial charge < -0.3 is 20.1 Å². The lowest BCUT2D eigenvalue weighted by Gasteiger charge is -2.14. The highest BCUT2D eigenvalue weighted by Crippen LogP contribution is 2.36. The minimum absolute atomic E-state index is 0.0581. The average Bonchev–Trinajstić information content (AvgIpc) is 3.28. The fourth-order valence-electron chi connectivity index (χ4n) is 3.02. The van der Waals surface area contributed by atoms with Crippen molar-refractivity contribution in [1.29, 1.82) is 0 Å². The minimum atomic E-state index is -0.342. The Kier molecular flexibility index (Phi) is 6.45. The molecule has 2 amide bonds. The van der Waals surface area contributed by atoms with Crippen LogP contribution < -0.4 is 20.1 Å². The number of ether oxygens (including phenoxy) is 2. The van der Waals surface area contributed by atoms with Crippen LogP contribution >= 0.6 is 11.8 Å². The topological polar surface area (TPSA) is 94.5 Å². The number of hydrogen-bond acceptors (Lipinski definition) is 6. The van der Waals surface area contributed by atoms with E-state index in [2.05, 4.69) is 15.7 Å². The van der Waals surface area contributed by atoms with E-state index in [1.165, 1.54) is 14.2 Å². The Balaban J connectivity index is 1.88. The Labute approximate surface area is 168 Å². The van der Waals surface area contributed by atoms with Crippen LogP contribution in [0.1, 0.15) is 35.0 Å². The summed E-state index contributed by atoms with van der Waals surface area (Å²) in [5, 5.41) is 10.3. The van der Waals surface area contributed by atoms with Crippen LogP contribution in [-0.2, 0) is 22.8 Å². The van der Waals surface area contributed by atoms with E-state index in [1.807, 2.05) is 6.92 Å². The molecular formula is C19H24N4O4S. The van der Waals surface area contributed by atoms with E-state index < -0.39 is 0 Å². The molecule has 2 heterocycles. The number of anilines is 1. The summed E-state index contributed by atoms with van der Waals surface area (Å²) < 4.78 is 12.2. The SMILES string of the molecule is CCCNC(=O)Cn1nc2c(c1NC(=O)c1cccc(OC)c1OC)CSC2. The lowest BCUT2D eigenvalue weighted by atomic mass is 10.1. The zero-order valence-corrected chi connectivity index (χ0v) is 17.0. The molecule has 1 aromatic heterocycles. The summed E-state index contributed by atoms with van der Waals surface area (Å²) in [5.74, 6) is 2.43. The van der Waals surface area contributed by atoms with Gasteiger partial charge in [-0.15, -0.1) is 0 Å². The van der Waals surface area contributed by atoms with Gasteiger partial charge in [-0.3, -0.25) is 9.59 Å². The van der Waals surface area contributed by atoms with Crippen molar-refractivity contribution < 1.29 is 19.1 Å². The third-order valence-corrected chi connectivity index (χ3v) is 5.33. The van der Waals surface area contributed by atoms with Crippen molar-refractivity contribution in [1.82, 2.24) is 15.1 Å². The number of benzene rings is 1. The minimum Gasteiger partial charge on any atom is -0.493 e. The van der Waals surface area contributed by atoms with E-state index in [1.54, 1.807) is 34.6 Å². The summed E-state index contributed by atoms with van der Waals surface area (Å²) in [6, 6.07) is 5.12. The van der Waals surface area contributed by atoms with Gasteiger partial charge in [-0.2, -0.15) is 16.9 Å². The first-order valence-electron chi connectivity index (χ1n) is 9.04. The number of para-hydroxylation sites is 1. The number of amides is 2. The third-order valence-electron chi connectivity index (χ3n) is 4.36. The molecule has 2 aromatic rings. The van der Waals surface area contributed by atoms with Crippen molar-refractivity contribution in [3.05, 3.63) is 35.0 Å². The maximum Gasteiger partial charge on any atom is 0.260 e. The Morgan fingerprint density at radius 2 is 2.07 bits per heavy atom. The van der Waals surface area contributed by atoms with E-state index in [9.17, 15) is 9.59 Å². The second kappa shape index (κ2) is 9.01. The molecule has 1 aliphatic heterocycles. The molecule has 9 heteroatoms. The monoisotopic (exact) mass is 404 g/mol. The fraction of sp³-hybridized carbons (Fsp3) is 0.421. The number of fused-ring (bicyclic) bond motifs is 1. The Bertz CT molecular complexity index is 881. The van der Waals surface area contributed by atoms with Gasteiger partial charge >= 0.3 is 0 Å². The number of rotatable bonds is 8. The van der Waals surface area contributed by atoms with E-state index >= 15 is 0 Å². The Morgan fingerprint density at radius 1 is 1.25 bits per heavy atom. The normalized spacial score (nSPS) is 12.4. The Morgan fingerprint density at radius 3 is 2.79 bits per heavy atom. The molecule has 0 unspecified atom stereocenters. The molecule has 0 atom stereocenters. The predicted octanol–water partition coefficient (Wildman–Crippen LogP) is 2.43. The van der Waals surface area contributed by atoms with E-state index in [0.29, 0.717) is 29.4 Å². The van der Waals surface area contributed by atoms with Crippen LogP contribution in [0.5, 0.6) is 11.5 Å². The molecule has 2 N–H and O–H groups in total. The van der Waals surface area contributed by atoms with E-state index in [4.69, 9.17) is 9.47 Å². The zero-order chi connectivity index (χ0) is 20.1. The highest BCUT2D eigenvalue weighted by molar-refractivity contribution is 7.98. The lowest BCUT2D eigenvalue weighted by molar-refractivity contribution is -0.121. The second-order valence-electron chi connectivity index (χ2n) is 6.27. The number of methoxy groups -OCH3 is 2. The molecule has 1 aromatic carbocycles. The molecule has 0 spiro atoms.